The molecule has 0 fully saturated rings. The minimum atomic E-state index is 0.310. The minimum absolute atomic E-state index is 0.310. The molecule has 0 unspecified atom stereocenters. The van der Waals surface area contributed by atoms with Crippen LogP contribution < -0.4 is 16.8 Å². The average Bonchev–Trinajstić information content (AvgIpc) is 2.56. The summed E-state index contributed by atoms with van der Waals surface area (Å²) in [6.07, 6.45) is 4.24. The van der Waals surface area contributed by atoms with Crippen LogP contribution in [0, 0.1) is 0 Å². The monoisotopic (exact) mass is 339 g/mol. The number of nitrogens with one attached hydrogen (secondary N) is 1. The van der Waals surface area contributed by atoms with Crippen molar-refractivity contribution in [2.45, 2.75) is 0 Å². The van der Waals surface area contributed by atoms with E-state index in [4.69, 9.17) is 23.1 Å². The highest BCUT2D eigenvalue weighted by atomic mass is 35.5. The van der Waals surface area contributed by atoms with E-state index >= 15 is 0 Å². The molecule has 24 heavy (non-hydrogen) atoms. The van der Waals surface area contributed by atoms with Gasteiger partial charge in [-0.3, -0.25) is 4.99 Å². The molecule has 0 bridgehead atoms. The van der Waals surface area contributed by atoms with Gasteiger partial charge >= 0.3 is 0 Å². The van der Waals surface area contributed by atoms with Crippen molar-refractivity contribution in [2.75, 3.05) is 5.32 Å². The van der Waals surface area contributed by atoms with Gasteiger partial charge in [-0.25, -0.2) is 4.98 Å². The van der Waals surface area contributed by atoms with E-state index in [1.54, 1.807) is 0 Å². The largest absolute Gasteiger partial charge is 0.404 e. The number of allylic oxidation sites excluding steroid dienone is 2. The Labute approximate surface area is 146 Å². The first kappa shape index (κ1) is 17.3. The third-order valence-corrected chi connectivity index (χ3v) is 3.07. The minimum Gasteiger partial charge on any atom is -0.404 e. The molecule has 2 aromatic rings. The summed E-state index contributed by atoms with van der Waals surface area (Å²) in [6, 6.07) is 15.3. The quantitative estimate of drug-likeness (QED) is 0.552. The van der Waals surface area contributed by atoms with Gasteiger partial charge in [-0.15, -0.1) is 0 Å². The molecule has 0 saturated carbocycles. The van der Waals surface area contributed by atoms with Crippen LogP contribution in [0.15, 0.2) is 83.2 Å². The molecule has 1 aromatic carbocycles. The first-order chi connectivity index (χ1) is 11.6. The molecule has 6 heteroatoms. The molecule has 0 aliphatic heterocycles. The summed E-state index contributed by atoms with van der Waals surface area (Å²) in [7, 11) is 0. The maximum absolute atomic E-state index is 6.02. The van der Waals surface area contributed by atoms with Gasteiger partial charge in [0.1, 0.15) is 5.82 Å². The van der Waals surface area contributed by atoms with E-state index in [9.17, 15) is 0 Å². The summed E-state index contributed by atoms with van der Waals surface area (Å²) in [5, 5.41) is 3.53. The van der Waals surface area contributed by atoms with Crippen LogP contribution in [0.4, 0.5) is 11.5 Å². The predicted molar refractivity (Wildman–Crippen MR) is 102 cm³/mol. The third-order valence-electron chi connectivity index (χ3n) is 2.98. The number of halogens is 1. The summed E-state index contributed by atoms with van der Waals surface area (Å²) in [5.74, 6) is 0.684. The molecule has 5 nitrogen and oxygen atoms in total. The Morgan fingerprint density at radius 3 is 2.58 bits per heavy atom. The molecule has 0 aliphatic carbocycles. The van der Waals surface area contributed by atoms with Crippen LogP contribution in [0.25, 0.3) is 5.57 Å². The number of nitrogens with two attached hydrogens (primary N) is 2. The van der Waals surface area contributed by atoms with Crippen molar-refractivity contribution in [3.8, 4) is 0 Å². The van der Waals surface area contributed by atoms with Gasteiger partial charge in [-0.1, -0.05) is 42.4 Å². The zero-order chi connectivity index (χ0) is 17.4. The number of aromatic nitrogens is 1. The lowest BCUT2D eigenvalue weighted by atomic mass is 10.1. The highest BCUT2D eigenvalue weighted by Gasteiger charge is 2.07. The number of hydrogen-bond acceptors (Lipinski definition) is 5. The SMILES string of the molecule is C=C(Cl)C=N/C=C(N)/C(=C\N)c1cccc(Nc2ccccc2)n1. The summed E-state index contributed by atoms with van der Waals surface area (Å²) in [4.78, 5) is 8.50. The molecule has 1 heterocycles. The molecular formula is C18H18ClN5. The Bertz CT molecular complexity index is 794. The second-order valence-electron chi connectivity index (χ2n) is 4.79. The molecule has 0 radical (unpaired) electrons. The van der Waals surface area contributed by atoms with Crippen LogP contribution in [0.5, 0.6) is 0 Å². The van der Waals surface area contributed by atoms with E-state index < -0.39 is 0 Å². The van der Waals surface area contributed by atoms with Crippen LogP contribution in [0.2, 0.25) is 0 Å². The topological polar surface area (TPSA) is 89.3 Å². The van der Waals surface area contributed by atoms with Crippen LogP contribution >= 0.6 is 11.6 Å². The number of para-hydroxylation sites is 1. The fourth-order valence-corrected chi connectivity index (χ4v) is 1.98. The van der Waals surface area contributed by atoms with E-state index in [0.29, 0.717) is 27.8 Å². The number of nitrogens with zero attached hydrogens (tertiary/aromatic N) is 2. The second kappa shape index (κ2) is 8.55. The van der Waals surface area contributed by atoms with Crippen molar-refractivity contribution >= 4 is 34.9 Å². The summed E-state index contributed by atoms with van der Waals surface area (Å²) >= 11 is 5.62. The van der Waals surface area contributed by atoms with Crippen LogP contribution in [0.3, 0.4) is 0 Å². The molecule has 0 saturated heterocycles. The maximum Gasteiger partial charge on any atom is 0.131 e. The Morgan fingerprint density at radius 1 is 1.17 bits per heavy atom. The third kappa shape index (κ3) is 5.00. The van der Waals surface area contributed by atoms with Crippen molar-refractivity contribution in [1.82, 2.24) is 4.98 Å². The van der Waals surface area contributed by atoms with Gasteiger partial charge in [0.15, 0.2) is 0 Å². The molecule has 1 aromatic heterocycles. The van der Waals surface area contributed by atoms with Crippen LogP contribution in [-0.4, -0.2) is 11.2 Å². The average molecular weight is 340 g/mol. The predicted octanol–water partition coefficient (Wildman–Crippen LogP) is 3.75. The highest BCUT2D eigenvalue weighted by Crippen LogP contribution is 2.20. The van der Waals surface area contributed by atoms with Gasteiger partial charge in [0.05, 0.1) is 22.6 Å². The summed E-state index contributed by atoms with van der Waals surface area (Å²) < 4.78 is 0. The smallest absolute Gasteiger partial charge is 0.131 e. The summed E-state index contributed by atoms with van der Waals surface area (Å²) in [5.41, 5.74) is 14.2. The molecule has 2 rings (SSSR count). The number of aliphatic imine (C=N–C) groups is 1. The molecule has 0 spiro atoms. The number of hydrogen-bond donors (Lipinski definition) is 3. The van der Waals surface area contributed by atoms with Gasteiger partial charge < -0.3 is 16.8 Å². The van der Waals surface area contributed by atoms with Crippen molar-refractivity contribution in [3.63, 3.8) is 0 Å². The first-order valence-corrected chi connectivity index (χ1v) is 7.53. The van der Waals surface area contributed by atoms with Gasteiger partial charge in [-0.05, 0) is 24.3 Å². The molecule has 122 valence electrons. The summed E-state index contributed by atoms with van der Waals surface area (Å²) in [6.45, 7) is 3.51. The van der Waals surface area contributed by atoms with Gasteiger partial charge in [0.25, 0.3) is 0 Å². The number of anilines is 2. The lowest BCUT2D eigenvalue weighted by Gasteiger charge is -2.09. The standard InChI is InChI=1S/C18H18ClN5/c1-13(19)11-22-12-16(21)15(10-20)17-8-5-9-18(24-17)23-14-6-3-2-4-7-14/h2-12H,1,20-21H2,(H,23,24)/b15-10+,16-12-,22-11?. The maximum atomic E-state index is 6.02. The Morgan fingerprint density at radius 2 is 1.92 bits per heavy atom. The normalized spacial score (nSPS) is 12.4. The van der Waals surface area contributed by atoms with Gasteiger partial charge in [-0.2, -0.15) is 0 Å². The molecular weight excluding hydrogens is 322 g/mol. The van der Waals surface area contributed by atoms with E-state index in [1.165, 1.54) is 18.6 Å². The van der Waals surface area contributed by atoms with E-state index in [1.807, 2.05) is 48.5 Å². The van der Waals surface area contributed by atoms with Crippen LogP contribution in [0.1, 0.15) is 5.69 Å². The highest BCUT2D eigenvalue weighted by molar-refractivity contribution is 6.38. The number of rotatable bonds is 6. The van der Waals surface area contributed by atoms with E-state index in [2.05, 4.69) is 21.9 Å². The lowest BCUT2D eigenvalue weighted by Crippen LogP contribution is -2.05. The Balaban J connectivity index is 2.24. The molecule has 0 amide bonds. The number of benzene rings is 1. The molecule has 5 N–H and O–H groups in total. The Hall–Kier alpha value is -3.05. The Kier molecular flexibility index (Phi) is 6.16. The fourth-order valence-electron chi connectivity index (χ4n) is 1.92. The first-order valence-electron chi connectivity index (χ1n) is 7.15. The van der Waals surface area contributed by atoms with Crippen molar-refractivity contribution < 1.29 is 0 Å². The molecule has 0 aliphatic rings. The van der Waals surface area contributed by atoms with Crippen molar-refractivity contribution in [2.24, 2.45) is 16.5 Å². The second-order valence-corrected chi connectivity index (χ2v) is 5.27. The lowest BCUT2D eigenvalue weighted by molar-refractivity contribution is 1.24. The molecule has 0 atom stereocenters. The van der Waals surface area contributed by atoms with Crippen LogP contribution in [-0.2, 0) is 0 Å². The van der Waals surface area contributed by atoms with Crippen molar-refractivity contribution in [3.05, 3.63) is 83.9 Å². The number of pyridine rings is 1. The van der Waals surface area contributed by atoms with Crippen molar-refractivity contribution in [1.29, 1.82) is 0 Å². The fraction of sp³-hybridized carbons (Fsp3) is 0. The zero-order valence-electron chi connectivity index (χ0n) is 13.0. The van der Waals surface area contributed by atoms with E-state index in [-0.39, 0.29) is 0 Å². The zero-order valence-corrected chi connectivity index (χ0v) is 13.7. The van der Waals surface area contributed by atoms with E-state index in [0.717, 1.165) is 5.69 Å². The van der Waals surface area contributed by atoms with Gasteiger partial charge in [0.2, 0.25) is 0 Å². The van der Waals surface area contributed by atoms with Gasteiger partial charge in [0, 0.05) is 23.7 Å².